The summed E-state index contributed by atoms with van der Waals surface area (Å²) in [5.41, 5.74) is 1.43. The van der Waals surface area contributed by atoms with Crippen LogP contribution in [0.25, 0.3) is 11.4 Å². The smallest absolute Gasteiger partial charge is 0.219 e. The first kappa shape index (κ1) is 23.3. The zero-order chi connectivity index (χ0) is 20.7. The van der Waals surface area contributed by atoms with Crippen molar-refractivity contribution in [2.75, 3.05) is 6.61 Å². The molecule has 160 valence electrons. The summed E-state index contributed by atoms with van der Waals surface area (Å²) in [5, 5.41) is 0. The number of unbranched alkanes of at least 4 members (excludes halogenated alkanes) is 9. The molecule has 0 fully saturated rings. The van der Waals surface area contributed by atoms with Crippen LogP contribution in [0.3, 0.4) is 0 Å². The zero-order valence-electron chi connectivity index (χ0n) is 18.3. The van der Waals surface area contributed by atoms with Gasteiger partial charge in [-0.25, -0.2) is 4.98 Å². The summed E-state index contributed by atoms with van der Waals surface area (Å²) in [6, 6.07) is 7.51. The van der Waals surface area contributed by atoms with E-state index in [-0.39, 0.29) is 0 Å². The Bertz CT molecular complexity index is 688. The lowest BCUT2D eigenvalue weighted by Crippen LogP contribution is -2.00. The van der Waals surface area contributed by atoms with E-state index in [2.05, 4.69) is 23.8 Å². The Morgan fingerprint density at radius 1 is 0.793 bits per heavy atom. The van der Waals surface area contributed by atoms with Gasteiger partial charge in [0.05, 0.1) is 6.61 Å². The van der Waals surface area contributed by atoms with E-state index in [0.717, 1.165) is 30.6 Å². The van der Waals surface area contributed by atoms with E-state index >= 15 is 0 Å². The second kappa shape index (κ2) is 14.1. The van der Waals surface area contributed by atoms with E-state index in [1.54, 1.807) is 6.20 Å². The van der Waals surface area contributed by atoms with E-state index in [4.69, 9.17) is 4.74 Å². The minimum Gasteiger partial charge on any atom is -0.494 e. The Balaban J connectivity index is 1.70. The number of hydrogen-bond acceptors (Lipinski definition) is 3. The Morgan fingerprint density at radius 3 is 2.00 bits per heavy atom. The highest BCUT2D eigenvalue weighted by Crippen LogP contribution is 2.21. The highest BCUT2D eigenvalue weighted by molar-refractivity contribution is 5.56. The van der Waals surface area contributed by atoms with Crippen molar-refractivity contribution >= 4 is 0 Å². The molecule has 0 amide bonds. The fourth-order valence-electron chi connectivity index (χ4n) is 3.42. The van der Waals surface area contributed by atoms with Crippen LogP contribution >= 0.6 is 0 Å². The minimum atomic E-state index is -0.391. The first-order chi connectivity index (χ1) is 14.2. The first-order valence-corrected chi connectivity index (χ1v) is 11.5. The summed E-state index contributed by atoms with van der Waals surface area (Å²) in [7, 11) is 0. The van der Waals surface area contributed by atoms with Gasteiger partial charge in [0.1, 0.15) is 5.75 Å². The average molecular weight is 401 g/mol. The molecule has 3 nitrogen and oxygen atoms in total. The summed E-state index contributed by atoms with van der Waals surface area (Å²) in [5.74, 6) is 0.849. The molecule has 0 atom stereocenters. The molecule has 29 heavy (non-hydrogen) atoms. The summed E-state index contributed by atoms with van der Waals surface area (Å²) in [6.45, 7) is 5.02. The molecule has 0 saturated carbocycles. The van der Waals surface area contributed by atoms with Crippen LogP contribution in [0.4, 0.5) is 4.39 Å². The molecule has 0 unspecified atom stereocenters. The molecule has 1 aromatic heterocycles. The third-order valence-corrected chi connectivity index (χ3v) is 5.20. The maximum Gasteiger partial charge on any atom is 0.219 e. The molecule has 0 bridgehead atoms. The predicted octanol–water partition coefficient (Wildman–Crippen LogP) is 7.53. The van der Waals surface area contributed by atoms with Gasteiger partial charge in [-0.1, -0.05) is 71.6 Å². The van der Waals surface area contributed by atoms with Crippen molar-refractivity contribution in [2.45, 2.75) is 90.9 Å². The summed E-state index contributed by atoms with van der Waals surface area (Å²) in [6.07, 6.45) is 16.1. The van der Waals surface area contributed by atoms with Crippen LogP contribution < -0.4 is 4.74 Å². The SMILES string of the molecule is CCCCCCCCCCCCc1cnc(-c2ccc(OCCC)cc2)nc1F. The van der Waals surface area contributed by atoms with E-state index in [0.29, 0.717) is 24.4 Å². The molecular formula is C25H37FN2O. The van der Waals surface area contributed by atoms with Gasteiger partial charge >= 0.3 is 0 Å². The standard InChI is InChI=1S/C25H37FN2O/c1-3-5-6-7-8-9-10-11-12-13-14-22-20-27-25(28-24(22)26)21-15-17-23(18-16-21)29-19-4-2/h15-18,20H,3-14,19H2,1-2H3. The molecule has 0 N–H and O–H groups in total. The number of nitrogens with zero attached hydrogens (tertiary/aromatic N) is 2. The van der Waals surface area contributed by atoms with Crippen molar-refractivity contribution in [3.05, 3.63) is 42.0 Å². The van der Waals surface area contributed by atoms with Crippen LogP contribution in [0, 0.1) is 5.95 Å². The molecule has 2 aromatic rings. The zero-order valence-corrected chi connectivity index (χ0v) is 18.3. The first-order valence-electron chi connectivity index (χ1n) is 11.5. The van der Waals surface area contributed by atoms with Gasteiger partial charge in [0.15, 0.2) is 5.82 Å². The van der Waals surface area contributed by atoms with Crippen molar-refractivity contribution in [1.29, 1.82) is 0 Å². The van der Waals surface area contributed by atoms with Gasteiger partial charge in [-0.2, -0.15) is 9.37 Å². The Morgan fingerprint density at radius 2 is 1.41 bits per heavy atom. The Labute approximate surface area is 176 Å². The Hall–Kier alpha value is -1.97. The lowest BCUT2D eigenvalue weighted by atomic mass is 10.0. The topological polar surface area (TPSA) is 35.0 Å². The van der Waals surface area contributed by atoms with Crippen LogP contribution in [0.1, 0.15) is 90.0 Å². The average Bonchev–Trinajstić information content (AvgIpc) is 2.75. The monoisotopic (exact) mass is 400 g/mol. The molecule has 0 saturated heterocycles. The molecule has 0 aliphatic heterocycles. The Kier molecular flexibility index (Phi) is 11.3. The van der Waals surface area contributed by atoms with Gasteiger partial charge in [-0.3, -0.25) is 0 Å². The number of aromatic nitrogens is 2. The van der Waals surface area contributed by atoms with Crippen molar-refractivity contribution < 1.29 is 9.13 Å². The molecule has 4 heteroatoms. The quantitative estimate of drug-likeness (QED) is 0.229. The number of halogens is 1. The fraction of sp³-hybridized carbons (Fsp3) is 0.600. The maximum absolute atomic E-state index is 14.4. The van der Waals surface area contributed by atoms with Gasteiger partial charge in [-0.15, -0.1) is 0 Å². The molecule has 0 radical (unpaired) electrons. The second-order valence-corrected chi connectivity index (χ2v) is 7.81. The van der Waals surface area contributed by atoms with E-state index in [9.17, 15) is 4.39 Å². The highest BCUT2D eigenvalue weighted by Gasteiger charge is 2.09. The summed E-state index contributed by atoms with van der Waals surface area (Å²) in [4.78, 5) is 8.45. The number of benzene rings is 1. The maximum atomic E-state index is 14.4. The molecule has 0 spiro atoms. The molecule has 2 rings (SSSR count). The number of rotatable bonds is 15. The lowest BCUT2D eigenvalue weighted by molar-refractivity contribution is 0.317. The van der Waals surface area contributed by atoms with Gasteiger partial charge in [0.25, 0.3) is 0 Å². The van der Waals surface area contributed by atoms with Crippen molar-refractivity contribution in [2.24, 2.45) is 0 Å². The third kappa shape index (κ3) is 8.93. The largest absolute Gasteiger partial charge is 0.494 e. The van der Waals surface area contributed by atoms with Crippen molar-refractivity contribution in [3.8, 4) is 17.1 Å². The summed E-state index contributed by atoms with van der Waals surface area (Å²) >= 11 is 0. The van der Waals surface area contributed by atoms with Crippen LogP contribution in [0.5, 0.6) is 5.75 Å². The lowest BCUT2D eigenvalue weighted by Gasteiger charge is -2.07. The van der Waals surface area contributed by atoms with Gasteiger partial charge in [0, 0.05) is 17.3 Å². The van der Waals surface area contributed by atoms with Crippen LogP contribution in [0.2, 0.25) is 0 Å². The fourth-order valence-corrected chi connectivity index (χ4v) is 3.42. The number of ether oxygens (including phenoxy) is 1. The number of aryl methyl sites for hydroxylation is 1. The van der Waals surface area contributed by atoms with Crippen molar-refractivity contribution in [3.63, 3.8) is 0 Å². The highest BCUT2D eigenvalue weighted by atomic mass is 19.1. The van der Waals surface area contributed by atoms with Gasteiger partial charge in [-0.05, 0) is 43.5 Å². The van der Waals surface area contributed by atoms with E-state index < -0.39 is 5.95 Å². The molecule has 0 aliphatic rings. The van der Waals surface area contributed by atoms with E-state index in [1.807, 2.05) is 24.3 Å². The summed E-state index contributed by atoms with van der Waals surface area (Å²) < 4.78 is 20.0. The predicted molar refractivity (Wildman–Crippen MR) is 119 cm³/mol. The minimum absolute atomic E-state index is 0.391. The third-order valence-electron chi connectivity index (χ3n) is 5.20. The molecular weight excluding hydrogens is 363 g/mol. The molecule has 1 aromatic carbocycles. The van der Waals surface area contributed by atoms with Gasteiger partial charge < -0.3 is 4.74 Å². The number of hydrogen-bond donors (Lipinski definition) is 0. The van der Waals surface area contributed by atoms with Gasteiger partial charge in [0.2, 0.25) is 5.95 Å². The molecule has 1 heterocycles. The van der Waals surface area contributed by atoms with Crippen LogP contribution in [-0.2, 0) is 6.42 Å². The van der Waals surface area contributed by atoms with Crippen LogP contribution in [-0.4, -0.2) is 16.6 Å². The molecule has 0 aliphatic carbocycles. The van der Waals surface area contributed by atoms with E-state index in [1.165, 1.54) is 51.4 Å². The van der Waals surface area contributed by atoms with Crippen LogP contribution in [0.15, 0.2) is 30.5 Å². The van der Waals surface area contributed by atoms with Crippen molar-refractivity contribution in [1.82, 2.24) is 9.97 Å². The second-order valence-electron chi connectivity index (χ2n) is 7.81. The normalized spacial score (nSPS) is 11.0.